The number of hydrogen-bond donors (Lipinski definition) is 0. The molecule has 1 aromatic carbocycles. The fourth-order valence-corrected chi connectivity index (χ4v) is 6.88. The van der Waals surface area contributed by atoms with Crippen molar-refractivity contribution >= 4 is 5.97 Å². The molecule has 0 spiro atoms. The molecule has 2 saturated carbocycles. The Morgan fingerprint density at radius 3 is 2.74 bits per heavy atom. The summed E-state index contributed by atoms with van der Waals surface area (Å²) in [5.41, 5.74) is 2.64. The number of halogens is 1. The van der Waals surface area contributed by atoms with Gasteiger partial charge in [0.05, 0.1) is 0 Å². The molecule has 5 rings (SSSR count). The molecule has 0 aliphatic heterocycles. The third-order valence-corrected chi connectivity index (χ3v) is 8.43. The van der Waals surface area contributed by atoms with Crippen LogP contribution in [0.25, 0.3) is 0 Å². The molecule has 5 atom stereocenters. The van der Waals surface area contributed by atoms with Gasteiger partial charge in [0.15, 0.2) is 18.0 Å². The van der Waals surface area contributed by atoms with Gasteiger partial charge >= 0.3 is 5.97 Å². The fraction of sp³-hybridized carbons (Fsp3) is 0.481. The number of esters is 1. The van der Waals surface area contributed by atoms with Crippen LogP contribution in [-0.4, -0.2) is 11.6 Å². The van der Waals surface area contributed by atoms with Crippen molar-refractivity contribution < 1.29 is 38.1 Å². The molecule has 2 fully saturated rings. The Kier molecular flexibility index (Phi) is 5.93. The molecule has 3 unspecified atom stereocenters. The van der Waals surface area contributed by atoms with Crippen molar-refractivity contribution in [3.05, 3.63) is 65.5 Å². The molecule has 0 bridgehead atoms. The number of carbonyl (C=O) groups is 1. The number of aromatic nitrogens is 1. The quantitative estimate of drug-likeness (QED) is 0.257. The van der Waals surface area contributed by atoms with Gasteiger partial charge in [0.25, 0.3) is 0 Å². The molecule has 3 nitrogen and oxygen atoms in total. The summed E-state index contributed by atoms with van der Waals surface area (Å²) in [6, 6.07) is 12.6. The topological polar surface area (TPSA) is 30.2 Å². The monoisotopic (exact) mass is 527 g/mol. The van der Waals surface area contributed by atoms with E-state index in [1.54, 1.807) is 17.8 Å². The molecule has 1 heterocycles. The Morgan fingerprint density at radius 2 is 1.97 bits per heavy atom. The maximum Gasteiger partial charge on any atom is 0.345 e. The number of pyridine rings is 1. The molecule has 0 radical (unpaired) electrons. The highest BCUT2D eigenvalue weighted by Crippen LogP contribution is 2.65. The lowest BCUT2D eigenvalue weighted by molar-refractivity contribution is -0.671. The molecule has 3 aliphatic rings. The van der Waals surface area contributed by atoms with E-state index in [9.17, 15) is 4.79 Å². The summed E-state index contributed by atoms with van der Waals surface area (Å²) in [6.45, 7) is 2.29. The Morgan fingerprint density at radius 1 is 1.16 bits per heavy atom. The number of terminal acetylenes is 1. The minimum atomic E-state index is -0.814. The molecule has 4 heteroatoms. The summed E-state index contributed by atoms with van der Waals surface area (Å²) in [6.07, 6.45) is 16.1. The molecule has 0 saturated heterocycles. The van der Waals surface area contributed by atoms with Gasteiger partial charge in [0, 0.05) is 11.5 Å². The Balaban J connectivity index is 0.00000231. The third kappa shape index (κ3) is 3.40. The summed E-state index contributed by atoms with van der Waals surface area (Å²) in [7, 11) is 1.91. The summed E-state index contributed by atoms with van der Waals surface area (Å²) >= 11 is 0. The smallest absolute Gasteiger partial charge is 0.345 e. The minimum Gasteiger partial charge on any atom is -1.00 e. The highest BCUT2D eigenvalue weighted by Gasteiger charge is 2.63. The van der Waals surface area contributed by atoms with Crippen LogP contribution in [0.3, 0.4) is 0 Å². The van der Waals surface area contributed by atoms with Gasteiger partial charge in [-0.15, -0.1) is 6.42 Å². The van der Waals surface area contributed by atoms with Crippen LogP contribution in [0.2, 0.25) is 0 Å². The van der Waals surface area contributed by atoms with Crippen LogP contribution in [0, 0.1) is 29.6 Å². The third-order valence-electron chi connectivity index (χ3n) is 8.43. The number of ether oxygens (including phenoxy) is 1. The molecular weight excluding hydrogens is 497 g/mol. The van der Waals surface area contributed by atoms with Crippen molar-refractivity contribution in [3.8, 4) is 12.3 Å². The van der Waals surface area contributed by atoms with Gasteiger partial charge in [-0.2, -0.15) is 0 Å². The summed E-state index contributed by atoms with van der Waals surface area (Å²) in [5.74, 6) is 4.44. The zero-order valence-corrected chi connectivity index (χ0v) is 20.5. The van der Waals surface area contributed by atoms with Crippen molar-refractivity contribution in [1.82, 2.24) is 0 Å². The molecule has 1 aromatic heterocycles. The van der Waals surface area contributed by atoms with Gasteiger partial charge in [0.2, 0.25) is 0 Å². The summed E-state index contributed by atoms with van der Waals surface area (Å²) in [5, 5.41) is 0. The number of fused-ring (bicyclic) bond motifs is 5. The average molecular weight is 527 g/mol. The van der Waals surface area contributed by atoms with E-state index in [0.29, 0.717) is 23.3 Å². The first-order valence-electron chi connectivity index (χ1n) is 11.2. The molecule has 2 aromatic rings. The van der Waals surface area contributed by atoms with Crippen molar-refractivity contribution in [2.45, 2.75) is 57.0 Å². The van der Waals surface area contributed by atoms with Crippen LogP contribution < -0.4 is 28.5 Å². The Labute approximate surface area is 202 Å². The van der Waals surface area contributed by atoms with Gasteiger partial charge in [-0.1, -0.05) is 37.1 Å². The standard InChI is InChI=1S/C27H30NO2.HI/c1-4-27(30-25(29)20-9-7-17-28(3)18-20)16-14-24-23-12-11-19-8-5-6-10-21(19)22(23)13-15-26(24,27)2;/h1,5-10,17-18,22-24H,11-16H2,2-3H3;1H/q+1;/p-1/t22?,23?,24?,26-,27+;/m0./s1. The number of aryl methyl sites for hydroxylation is 2. The van der Waals surface area contributed by atoms with E-state index in [4.69, 9.17) is 11.2 Å². The zero-order valence-electron chi connectivity index (χ0n) is 18.3. The number of hydrogen-bond acceptors (Lipinski definition) is 2. The first kappa shape index (κ1) is 22.3. The molecule has 0 N–H and O–H groups in total. The number of benzene rings is 1. The van der Waals surface area contributed by atoms with E-state index < -0.39 is 5.60 Å². The predicted molar refractivity (Wildman–Crippen MR) is 116 cm³/mol. The zero-order chi connectivity index (χ0) is 20.9. The maximum atomic E-state index is 13.0. The molecule has 162 valence electrons. The van der Waals surface area contributed by atoms with Crippen LogP contribution in [-0.2, 0) is 18.2 Å². The van der Waals surface area contributed by atoms with E-state index in [-0.39, 0.29) is 35.4 Å². The summed E-state index contributed by atoms with van der Waals surface area (Å²) < 4.78 is 8.09. The predicted octanol–water partition coefficient (Wildman–Crippen LogP) is 1.60. The fourth-order valence-electron chi connectivity index (χ4n) is 6.88. The minimum absolute atomic E-state index is 0. The first-order chi connectivity index (χ1) is 14.5. The molecule has 0 amide bonds. The largest absolute Gasteiger partial charge is 1.00 e. The SMILES string of the molecule is C#C[C@@]1(OC(=O)c2ccc[n+](C)c2)CCC2C3CCc4ccccc4C3CC[C@@]21C.[I-]. The lowest BCUT2D eigenvalue weighted by atomic mass is 9.53. The van der Waals surface area contributed by atoms with Crippen LogP contribution in [0.4, 0.5) is 0 Å². The molecular formula is C27H30INO2. The van der Waals surface area contributed by atoms with Gasteiger partial charge in [-0.05, 0) is 73.5 Å². The second kappa shape index (κ2) is 8.24. The van der Waals surface area contributed by atoms with Crippen molar-refractivity contribution in [2.24, 2.45) is 24.3 Å². The van der Waals surface area contributed by atoms with Crippen molar-refractivity contribution in [3.63, 3.8) is 0 Å². The highest BCUT2D eigenvalue weighted by molar-refractivity contribution is 5.89. The van der Waals surface area contributed by atoms with Crippen LogP contribution in [0.5, 0.6) is 0 Å². The lowest BCUT2D eigenvalue weighted by Crippen LogP contribution is -3.00. The highest BCUT2D eigenvalue weighted by atomic mass is 127. The van der Waals surface area contributed by atoms with E-state index in [2.05, 4.69) is 37.1 Å². The van der Waals surface area contributed by atoms with E-state index in [1.807, 2.05) is 23.9 Å². The Hall–Kier alpha value is -1.87. The second-order valence-electron chi connectivity index (χ2n) is 9.73. The van der Waals surface area contributed by atoms with Crippen LogP contribution in [0.15, 0.2) is 48.8 Å². The van der Waals surface area contributed by atoms with E-state index >= 15 is 0 Å². The van der Waals surface area contributed by atoms with Gasteiger partial charge < -0.3 is 28.7 Å². The average Bonchev–Trinajstić information content (AvgIpc) is 3.06. The van der Waals surface area contributed by atoms with E-state index in [1.165, 1.54) is 12.0 Å². The van der Waals surface area contributed by atoms with Crippen LogP contribution in [0.1, 0.15) is 66.4 Å². The first-order valence-corrected chi connectivity index (χ1v) is 11.2. The maximum absolute atomic E-state index is 13.0. The van der Waals surface area contributed by atoms with Gasteiger partial charge in [0.1, 0.15) is 12.6 Å². The Bertz CT molecular complexity index is 1040. The van der Waals surface area contributed by atoms with Crippen LogP contribution >= 0.6 is 0 Å². The van der Waals surface area contributed by atoms with Crippen molar-refractivity contribution in [2.75, 3.05) is 0 Å². The second-order valence-corrected chi connectivity index (χ2v) is 9.73. The number of carbonyl (C=O) groups excluding carboxylic acids is 1. The van der Waals surface area contributed by atoms with Gasteiger partial charge in [-0.25, -0.2) is 9.36 Å². The number of nitrogens with zero attached hydrogens (tertiary/aromatic N) is 1. The number of rotatable bonds is 2. The molecule has 3 aliphatic carbocycles. The van der Waals surface area contributed by atoms with Gasteiger partial charge in [-0.3, -0.25) is 0 Å². The summed E-state index contributed by atoms with van der Waals surface area (Å²) in [4.78, 5) is 13.0. The van der Waals surface area contributed by atoms with E-state index in [0.717, 1.165) is 32.1 Å². The molecule has 31 heavy (non-hydrogen) atoms. The van der Waals surface area contributed by atoms with Crippen molar-refractivity contribution in [1.29, 1.82) is 0 Å². The normalized spacial score (nSPS) is 33.1. The lowest BCUT2D eigenvalue weighted by Gasteiger charge is -2.52.